The Hall–Kier alpha value is -4.14. The summed E-state index contributed by atoms with van der Waals surface area (Å²) in [5.74, 6) is -0.697. The Morgan fingerprint density at radius 2 is 1.77 bits per heavy atom. The number of methoxy groups -OCH3 is 1. The minimum Gasteiger partial charge on any atom is -0.493 e. The van der Waals surface area contributed by atoms with Gasteiger partial charge in [0.1, 0.15) is 12.2 Å². The van der Waals surface area contributed by atoms with E-state index >= 15 is 0 Å². The van der Waals surface area contributed by atoms with E-state index in [-0.39, 0.29) is 11.3 Å². The van der Waals surface area contributed by atoms with Gasteiger partial charge in [0.25, 0.3) is 11.8 Å². The maximum absolute atomic E-state index is 13.3. The number of aryl methyl sites for hydroxylation is 1. The van der Waals surface area contributed by atoms with Crippen LogP contribution in [0.4, 0.5) is 10.5 Å². The number of anilines is 1. The normalized spacial score (nSPS) is 14.6. The van der Waals surface area contributed by atoms with Gasteiger partial charge >= 0.3 is 6.03 Å². The molecule has 0 bridgehead atoms. The van der Waals surface area contributed by atoms with E-state index in [9.17, 15) is 14.4 Å². The van der Waals surface area contributed by atoms with Gasteiger partial charge in [-0.25, -0.2) is 9.69 Å². The summed E-state index contributed by atoms with van der Waals surface area (Å²) in [4.78, 5) is 39.4. The lowest BCUT2D eigenvalue weighted by molar-refractivity contribution is -0.122. The second kappa shape index (κ2) is 10.9. The van der Waals surface area contributed by atoms with Crippen LogP contribution in [0.15, 0.2) is 82.8 Å². The first-order valence-corrected chi connectivity index (χ1v) is 13.1. The first-order valence-electron chi connectivity index (χ1n) is 11.9. The Bertz CT molecular complexity index is 1680. The second-order valence-electron chi connectivity index (χ2n) is 8.85. The van der Waals surface area contributed by atoms with Crippen LogP contribution < -0.4 is 19.7 Å². The molecule has 0 aliphatic carbocycles. The molecule has 4 amide bonds. The number of amides is 4. The van der Waals surface area contributed by atoms with E-state index < -0.39 is 17.8 Å². The monoisotopic (exact) mass is 604 g/mol. The highest BCUT2D eigenvalue weighted by atomic mass is 79.9. The quantitative estimate of drug-likeness (QED) is 0.193. The van der Waals surface area contributed by atoms with Crippen molar-refractivity contribution in [1.29, 1.82) is 0 Å². The summed E-state index contributed by atoms with van der Waals surface area (Å²) in [6.45, 7) is 2.10. The van der Waals surface area contributed by atoms with Crippen molar-refractivity contribution in [3.8, 4) is 11.5 Å². The molecule has 1 saturated heterocycles. The zero-order chi connectivity index (χ0) is 27.7. The molecule has 4 aromatic carbocycles. The third-order valence-corrected chi connectivity index (χ3v) is 7.33. The summed E-state index contributed by atoms with van der Waals surface area (Å²) in [5.41, 5.74) is 2.33. The summed E-state index contributed by atoms with van der Waals surface area (Å²) >= 11 is 9.73. The maximum atomic E-state index is 13.3. The first kappa shape index (κ1) is 26.5. The number of urea groups is 1. The average Bonchev–Trinajstić information content (AvgIpc) is 2.92. The van der Waals surface area contributed by atoms with Crippen LogP contribution in [0.3, 0.4) is 0 Å². The zero-order valence-electron chi connectivity index (χ0n) is 21.0. The number of halogens is 2. The second-order valence-corrected chi connectivity index (χ2v) is 10.1. The summed E-state index contributed by atoms with van der Waals surface area (Å²) < 4.78 is 12.3. The molecule has 1 aliphatic rings. The van der Waals surface area contributed by atoms with E-state index in [1.807, 2.05) is 42.5 Å². The van der Waals surface area contributed by atoms with E-state index in [1.54, 1.807) is 31.2 Å². The lowest BCUT2D eigenvalue weighted by Crippen LogP contribution is -2.54. The van der Waals surface area contributed by atoms with Crippen LogP contribution in [-0.2, 0) is 16.2 Å². The minimum absolute atomic E-state index is 0.218. The highest BCUT2D eigenvalue weighted by molar-refractivity contribution is 9.10. The van der Waals surface area contributed by atoms with E-state index in [4.69, 9.17) is 21.1 Å². The number of barbiturate groups is 1. The number of hydrogen-bond acceptors (Lipinski definition) is 5. The summed E-state index contributed by atoms with van der Waals surface area (Å²) in [6.07, 6.45) is 1.40. The molecule has 0 radical (unpaired) electrons. The van der Waals surface area contributed by atoms with Gasteiger partial charge in [-0.05, 0) is 80.7 Å². The van der Waals surface area contributed by atoms with Gasteiger partial charge in [-0.2, -0.15) is 0 Å². The summed E-state index contributed by atoms with van der Waals surface area (Å²) in [6, 6.07) is 21.4. The number of carbonyl (C=O) groups excluding carboxylic acids is 3. The number of imide groups is 2. The van der Waals surface area contributed by atoms with Crippen molar-refractivity contribution in [3.05, 3.63) is 105 Å². The predicted octanol–water partition coefficient (Wildman–Crippen LogP) is 6.82. The summed E-state index contributed by atoms with van der Waals surface area (Å²) in [7, 11) is 1.50. The molecule has 1 aliphatic heterocycles. The molecular weight excluding hydrogens is 584 g/mol. The number of benzene rings is 4. The van der Waals surface area contributed by atoms with Crippen LogP contribution in [0.2, 0.25) is 5.02 Å². The molecule has 0 aromatic heterocycles. The smallest absolute Gasteiger partial charge is 0.335 e. The fourth-order valence-corrected chi connectivity index (χ4v) is 5.06. The van der Waals surface area contributed by atoms with Crippen LogP contribution >= 0.6 is 27.5 Å². The standard InChI is InChI=1S/C30H22BrClN2O5/c1-17-10-11-21(15-25(17)32)34-29(36)23(28(35)33-30(34)37)12-18-13-24(31)27(26(14-18)38-2)39-16-20-8-5-7-19-6-3-4-9-22(19)20/h3-15H,16H2,1-2H3,(H,33,35,37)/b23-12+. The van der Waals surface area contributed by atoms with Crippen molar-refractivity contribution in [2.75, 3.05) is 12.0 Å². The number of nitrogens with zero attached hydrogens (tertiary/aromatic N) is 1. The van der Waals surface area contributed by atoms with Gasteiger partial charge in [-0.1, -0.05) is 60.1 Å². The molecule has 4 aromatic rings. The van der Waals surface area contributed by atoms with Crippen molar-refractivity contribution in [3.63, 3.8) is 0 Å². The van der Waals surface area contributed by atoms with Gasteiger partial charge in [0.2, 0.25) is 0 Å². The Balaban J connectivity index is 1.45. The SMILES string of the molecule is COc1cc(/C=C2\C(=O)NC(=O)N(c3ccc(C)c(Cl)c3)C2=O)cc(Br)c1OCc1cccc2ccccc12. The lowest BCUT2D eigenvalue weighted by Gasteiger charge is -2.26. The van der Waals surface area contributed by atoms with Gasteiger partial charge in [0.15, 0.2) is 11.5 Å². The third kappa shape index (κ3) is 5.26. The molecule has 1 N–H and O–H groups in total. The predicted molar refractivity (Wildman–Crippen MR) is 154 cm³/mol. The van der Waals surface area contributed by atoms with Crippen molar-refractivity contribution >= 4 is 67.9 Å². The number of fused-ring (bicyclic) bond motifs is 1. The number of rotatable bonds is 6. The maximum Gasteiger partial charge on any atom is 0.335 e. The van der Waals surface area contributed by atoms with Crippen molar-refractivity contribution in [2.24, 2.45) is 0 Å². The number of carbonyl (C=O) groups is 3. The summed E-state index contributed by atoms with van der Waals surface area (Å²) in [5, 5.41) is 4.81. The van der Waals surface area contributed by atoms with Crippen molar-refractivity contribution in [2.45, 2.75) is 13.5 Å². The molecule has 0 atom stereocenters. The largest absolute Gasteiger partial charge is 0.493 e. The number of ether oxygens (including phenoxy) is 2. The van der Waals surface area contributed by atoms with Gasteiger partial charge < -0.3 is 9.47 Å². The van der Waals surface area contributed by atoms with Crippen molar-refractivity contribution in [1.82, 2.24) is 5.32 Å². The van der Waals surface area contributed by atoms with Gasteiger partial charge in [0.05, 0.1) is 17.3 Å². The molecule has 5 rings (SSSR count). The lowest BCUT2D eigenvalue weighted by atomic mass is 10.1. The van der Waals surface area contributed by atoms with Crippen LogP contribution in [0.5, 0.6) is 11.5 Å². The van der Waals surface area contributed by atoms with E-state index in [1.165, 1.54) is 19.3 Å². The molecule has 0 unspecified atom stereocenters. The Morgan fingerprint density at radius 1 is 1.00 bits per heavy atom. The number of nitrogens with one attached hydrogen (secondary N) is 1. The van der Waals surface area contributed by atoms with E-state index in [2.05, 4.69) is 21.2 Å². The molecule has 7 nitrogen and oxygen atoms in total. The topological polar surface area (TPSA) is 84.9 Å². The Morgan fingerprint density at radius 3 is 2.54 bits per heavy atom. The third-order valence-electron chi connectivity index (χ3n) is 6.33. The van der Waals surface area contributed by atoms with Gasteiger partial charge in [0, 0.05) is 5.02 Å². The molecular formula is C30H22BrClN2O5. The van der Waals surface area contributed by atoms with E-state index in [0.717, 1.165) is 26.8 Å². The van der Waals surface area contributed by atoms with Crippen LogP contribution in [0.1, 0.15) is 16.7 Å². The minimum atomic E-state index is -0.849. The van der Waals surface area contributed by atoms with Crippen molar-refractivity contribution < 1.29 is 23.9 Å². The fourth-order valence-electron chi connectivity index (χ4n) is 4.31. The first-order chi connectivity index (χ1) is 18.8. The molecule has 0 saturated carbocycles. The Kier molecular flexibility index (Phi) is 7.41. The molecule has 9 heteroatoms. The highest BCUT2D eigenvalue weighted by Gasteiger charge is 2.37. The van der Waals surface area contributed by atoms with E-state index in [0.29, 0.717) is 33.2 Å². The Labute approximate surface area is 238 Å². The molecule has 0 spiro atoms. The average molecular weight is 606 g/mol. The molecule has 39 heavy (non-hydrogen) atoms. The van der Waals surface area contributed by atoms with Crippen LogP contribution in [0.25, 0.3) is 16.8 Å². The van der Waals surface area contributed by atoms with Gasteiger partial charge in [-0.15, -0.1) is 0 Å². The molecule has 1 fully saturated rings. The van der Waals surface area contributed by atoms with Crippen LogP contribution in [-0.4, -0.2) is 25.0 Å². The molecule has 1 heterocycles. The zero-order valence-corrected chi connectivity index (χ0v) is 23.3. The van der Waals surface area contributed by atoms with Gasteiger partial charge in [-0.3, -0.25) is 14.9 Å². The van der Waals surface area contributed by atoms with Crippen LogP contribution in [0, 0.1) is 6.92 Å². The highest BCUT2D eigenvalue weighted by Crippen LogP contribution is 2.38. The molecule has 196 valence electrons. The number of hydrogen-bond donors (Lipinski definition) is 1. The fraction of sp³-hybridized carbons (Fsp3) is 0.100.